The molecule has 0 saturated heterocycles. The molecule has 0 spiro atoms. The van der Waals surface area contributed by atoms with Crippen LogP contribution in [0.25, 0.3) is 0 Å². The summed E-state index contributed by atoms with van der Waals surface area (Å²) in [5, 5.41) is 11.5. The Kier molecular flexibility index (Phi) is 3.96. The molecule has 0 fully saturated rings. The fourth-order valence-corrected chi connectivity index (χ4v) is 2.36. The van der Waals surface area contributed by atoms with Crippen LogP contribution in [0, 0.1) is 11.6 Å². The van der Waals surface area contributed by atoms with Crippen molar-refractivity contribution in [2.45, 2.75) is 9.79 Å². The summed E-state index contributed by atoms with van der Waals surface area (Å²) in [5.74, 6) is -1.29. The second-order valence-electron chi connectivity index (χ2n) is 3.51. The second-order valence-corrected chi connectivity index (χ2v) is 4.60. The number of amidine groups is 1. The molecular formula is C12H9F2N3OS. The van der Waals surface area contributed by atoms with Crippen LogP contribution < -0.4 is 5.73 Å². The molecule has 0 unspecified atom stereocenters. The Labute approximate surface area is 112 Å². The molecule has 0 bridgehead atoms. The van der Waals surface area contributed by atoms with E-state index in [2.05, 4.69) is 10.1 Å². The fourth-order valence-electron chi connectivity index (χ4n) is 1.39. The average molecular weight is 281 g/mol. The molecule has 3 N–H and O–H groups in total. The molecule has 1 aromatic heterocycles. The van der Waals surface area contributed by atoms with E-state index >= 15 is 0 Å². The summed E-state index contributed by atoms with van der Waals surface area (Å²) in [5.41, 5.74) is 5.68. The first-order chi connectivity index (χ1) is 9.11. The molecule has 0 radical (unpaired) electrons. The lowest BCUT2D eigenvalue weighted by molar-refractivity contribution is 0.318. The highest BCUT2D eigenvalue weighted by atomic mass is 32.2. The summed E-state index contributed by atoms with van der Waals surface area (Å²) < 4.78 is 26.6. The van der Waals surface area contributed by atoms with Crippen LogP contribution in [0.2, 0.25) is 0 Å². The highest BCUT2D eigenvalue weighted by Crippen LogP contribution is 2.31. The van der Waals surface area contributed by atoms with Crippen molar-refractivity contribution >= 4 is 17.6 Å². The van der Waals surface area contributed by atoms with Gasteiger partial charge in [0.15, 0.2) is 5.84 Å². The number of nitrogens with zero attached hydrogens (tertiary/aromatic N) is 2. The molecule has 0 saturated carbocycles. The Morgan fingerprint density at radius 2 is 2.05 bits per heavy atom. The minimum atomic E-state index is -0.555. The first kappa shape index (κ1) is 13.3. The van der Waals surface area contributed by atoms with E-state index < -0.39 is 11.6 Å². The third kappa shape index (κ3) is 3.00. The highest BCUT2D eigenvalue weighted by molar-refractivity contribution is 7.99. The lowest BCUT2D eigenvalue weighted by Crippen LogP contribution is -2.16. The molecule has 0 atom stereocenters. The lowest BCUT2D eigenvalue weighted by atomic mass is 10.3. The third-order valence-electron chi connectivity index (χ3n) is 2.23. The van der Waals surface area contributed by atoms with Gasteiger partial charge in [0.25, 0.3) is 0 Å². The number of rotatable bonds is 3. The van der Waals surface area contributed by atoms with Crippen molar-refractivity contribution < 1.29 is 14.0 Å². The average Bonchev–Trinajstić information content (AvgIpc) is 2.42. The van der Waals surface area contributed by atoms with Crippen LogP contribution in [0.4, 0.5) is 8.78 Å². The predicted molar refractivity (Wildman–Crippen MR) is 67.2 cm³/mol. The Morgan fingerprint density at radius 1 is 1.26 bits per heavy atom. The Bertz CT molecular complexity index is 634. The maximum absolute atomic E-state index is 13.6. The van der Waals surface area contributed by atoms with Gasteiger partial charge in [-0.25, -0.2) is 8.78 Å². The summed E-state index contributed by atoms with van der Waals surface area (Å²) in [6.45, 7) is 0. The van der Waals surface area contributed by atoms with Crippen LogP contribution >= 0.6 is 11.8 Å². The van der Waals surface area contributed by atoms with Crippen molar-refractivity contribution in [1.82, 2.24) is 4.98 Å². The number of nitrogens with two attached hydrogens (primary N) is 1. The second kappa shape index (κ2) is 5.66. The number of hydrogen-bond donors (Lipinski definition) is 2. The van der Waals surface area contributed by atoms with Crippen molar-refractivity contribution in [3.8, 4) is 0 Å². The first-order valence-corrected chi connectivity index (χ1v) is 5.99. The molecule has 7 heteroatoms. The normalized spacial score (nSPS) is 11.6. The van der Waals surface area contributed by atoms with Crippen molar-refractivity contribution in [3.05, 3.63) is 53.9 Å². The third-order valence-corrected chi connectivity index (χ3v) is 3.32. The van der Waals surface area contributed by atoms with E-state index in [1.54, 1.807) is 12.1 Å². The minimum absolute atomic E-state index is 0.0972. The number of aromatic nitrogens is 1. The zero-order valence-electron chi connectivity index (χ0n) is 9.55. The molecule has 1 heterocycles. The summed E-state index contributed by atoms with van der Waals surface area (Å²) in [6, 6.07) is 6.39. The van der Waals surface area contributed by atoms with Gasteiger partial charge in [0, 0.05) is 11.1 Å². The Morgan fingerprint density at radius 3 is 2.79 bits per heavy atom. The Balaban J connectivity index is 2.41. The van der Waals surface area contributed by atoms with Crippen molar-refractivity contribution in [2.75, 3.05) is 0 Å². The number of hydrogen-bond acceptors (Lipinski definition) is 4. The summed E-state index contributed by atoms with van der Waals surface area (Å²) >= 11 is 0.949. The van der Waals surface area contributed by atoms with Gasteiger partial charge >= 0.3 is 0 Å². The van der Waals surface area contributed by atoms with Crippen LogP contribution in [0.3, 0.4) is 0 Å². The van der Waals surface area contributed by atoms with Crippen LogP contribution in [0.1, 0.15) is 5.69 Å². The number of oxime groups is 1. The predicted octanol–water partition coefficient (Wildman–Crippen LogP) is 2.61. The quantitative estimate of drug-likeness (QED) is 0.392. The molecule has 0 amide bonds. The standard InChI is InChI=1S/C12H9F2N3OS/c13-7-3-4-8(14)10(6-7)19-9-2-1-5-16-11(9)12(15)17-18/h1-6,18H,(H2,15,17). The maximum atomic E-state index is 13.6. The fraction of sp³-hybridized carbons (Fsp3) is 0. The van der Waals surface area contributed by atoms with Gasteiger partial charge in [0.2, 0.25) is 0 Å². The number of pyridine rings is 1. The molecule has 98 valence electrons. The molecular weight excluding hydrogens is 272 g/mol. The van der Waals surface area contributed by atoms with E-state index in [4.69, 9.17) is 10.9 Å². The zero-order chi connectivity index (χ0) is 13.8. The number of benzene rings is 1. The molecule has 0 aliphatic heterocycles. The monoisotopic (exact) mass is 281 g/mol. The topological polar surface area (TPSA) is 71.5 Å². The molecule has 2 rings (SSSR count). The summed E-state index contributed by atoms with van der Waals surface area (Å²) in [7, 11) is 0. The Hall–Kier alpha value is -2.15. The van der Waals surface area contributed by atoms with Crippen molar-refractivity contribution in [3.63, 3.8) is 0 Å². The molecule has 4 nitrogen and oxygen atoms in total. The van der Waals surface area contributed by atoms with E-state index in [0.29, 0.717) is 4.90 Å². The number of halogens is 2. The molecule has 2 aromatic rings. The van der Waals surface area contributed by atoms with E-state index in [9.17, 15) is 8.78 Å². The molecule has 1 aromatic carbocycles. The summed E-state index contributed by atoms with van der Waals surface area (Å²) in [6.07, 6.45) is 1.46. The van der Waals surface area contributed by atoms with Crippen molar-refractivity contribution in [1.29, 1.82) is 0 Å². The van der Waals surface area contributed by atoms with Gasteiger partial charge in [-0.15, -0.1) is 0 Å². The SMILES string of the molecule is N/C(=N/O)c1ncccc1Sc1cc(F)ccc1F. The highest BCUT2D eigenvalue weighted by Gasteiger charge is 2.12. The summed E-state index contributed by atoms with van der Waals surface area (Å²) in [4.78, 5) is 4.50. The first-order valence-electron chi connectivity index (χ1n) is 5.17. The maximum Gasteiger partial charge on any atom is 0.189 e. The van der Waals surface area contributed by atoms with E-state index in [1.807, 2.05) is 0 Å². The van der Waals surface area contributed by atoms with Gasteiger partial charge in [-0.1, -0.05) is 16.9 Å². The van der Waals surface area contributed by atoms with Crippen LogP contribution in [-0.2, 0) is 0 Å². The van der Waals surface area contributed by atoms with Gasteiger partial charge in [0.05, 0.1) is 4.90 Å². The van der Waals surface area contributed by atoms with Crippen LogP contribution in [0.5, 0.6) is 0 Å². The van der Waals surface area contributed by atoms with Gasteiger partial charge in [0.1, 0.15) is 17.3 Å². The molecule has 19 heavy (non-hydrogen) atoms. The van der Waals surface area contributed by atoms with E-state index in [1.165, 1.54) is 6.20 Å². The van der Waals surface area contributed by atoms with Crippen LogP contribution in [0.15, 0.2) is 51.5 Å². The van der Waals surface area contributed by atoms with Crippen molar-refractivity contribution in [2.24, 2.45) is 10.9 Å². The van der Waals surface area contributed by atoms with Gasteiger partial charge in [-0.2, -0.15) is 0 Å². The lowest BCUT2D eigenvalue weighted by Gasteiger charge is -2.07. The van der Waals surface area contributed by atoms with Gasteiger partial charge in [-0.05, 0) is 30.3 Å². The minimum Gasteiger partial charge on any atom is -0.409 e. The van der Waals surface area contributed by atoms with Crippen LogP contribution in [-0.4, -0.2) is 16.0 Å². The largest absolute Gasteiger partial charge is 0.409 e. The van der Waals surface area contributed by atoms with E-state index in [0.717, 1.165) is 30.0 Å². The van der Waals surface area contributed by atoms with Gasteiger partial charge in [-0.3, -0.25) is 4.98 Å². The molecule has 0 aliphatic carbocycles. The zero-order valence-corrected chi connectivity index (χ0v) is 10.4. The molecule has 0 aliphatic rings. The van der Waals surface area contributed by atoms with Gasteiger partial charge < -0.3 is 10.9 Å². The smallest absolute Gasteiger partial charge is 0.189 e. The van der Waals surface area contributed by atoms with E-state index in [-0.39, 0.29) is 16.4 Å².